The summed E-state index contributed by atoms with van der Waals surface area (Å²) >= 11 is 0. The summed E-state index contributed by atoms with van der Waals surface area (Å²) in [6.45, 7) is 5.81. The Hall–Kier alpha value is -2.09. The van der Waals surface area contributed by atoms with Gasteiger partial charge in [0.1, 0.15) is 5.82 Å². The van der Waals surface area contributed by atoms with Crippen molar-refractivity contribution < 1.29 is 0 Å². The lowest BCUT2D eigenvalue weighted by molar-refractivity contribution is 1.06. The van der Waals surface area contributed by atoms with Gasteiger partial charge in [-0.2, -0.15) is 0 Å². The van der Waals surface area contributed by atoms with Crippen LogP contribution in [0.3, 0.4) is 0 Å². The molecule has 0 aliphatic carbocycles. The zero-order valence-corrected chi connectivity index (χ0v) is 9.14. The maximum Gasteiger partial charge on any atom is 0.110 e. The van der Waals surface area contributed by atoms with Gasteiger partial charge in [0.2, 0.25) is 0 Å². The summed E-state index contributed by atoms with van der Waals surface area (Å²) in [5.74, 6) is 0.973. The third-order valence-corrected chi connectivity index (χ3v) is 2.92. The van der Waals surface area contributed by atoms with Gasteiger partial charge in [0.25, 0.3) is 0 Å². The Balaban J connectivity index is 2.51. The van der Waals surface area contributed by atoms with Crippen LogP contribution in [0.1, 0.15) is 5.82 Å². The zero-order valence-electron chi connectivity index (χ0n) is 9.14. The van der Waals surface area contributed by atoms with Gasteiger partial charge in [0, 0.05) is 6.20 Å². The van der Waals surface area contributed by atoms with Crippen molar-refractivity contribution in [3.05, 3.63) is 48.8 Å². The Bertz CT molecular complexity index is 692. The molecular weight excluding hydrogens is 196 g/mol. The normalized spacial score (nSPS) is 11.1. The fourth-order valence-corrected chi connectivity index (χ4v) is 2.13. The number of benzene rings is 2. The van der Waals surface area contributed by atoms with E-state index in [1.807, 2.05) is 17.6 Å². The number of fused-ring (bicyclic) bond motifs is 2. The van der Waals surface area contributed by atoms with Crippen molar-refractivity contribution in [2.75, 3.05) is 0 Å². The van der Waals surface area contributed by atoms with Crippen LogP contribution in [0, 0.1) is 6.92 Å². The van der Waals surface area contributed by atoms with Crippen LogP contribution in [0.25, 0.3) is 28.0 Å². The van der Waals surface area contributed by atoms with Crippen LogP contribution in [-0.4, -0.2) is 9.55 Å². The van der Waals surface area contributed by atoms with E-state index in [1.165, 1.54) is 10.8 Å². The van der Waals surface area contributed by atoms with Crippen molar-refractivity contribution in [1.82, 2.24) is 9.55 Å². The van der Waals surface area contributed by atoms with Gasteiger partial charge in [-0.3, -0.25) is 0 Å². The first-order chi connectivity index (χ1) is 7.79. The Morgan fingerprint density at radius 1 is 1.19 bits per heavy atom. The monoisotopic (exact) mass is 208 g/mol. The summed E-state index contributed by atoms with van der Waals surface area (Å²) in [7, 11) is 0. The second kappa shape index (κ2) is 3.20. The lowest BCUT2D eigenvalue weighted by Gasteiger charge is -2.00. The van der Waals surface area contributed by atoms with E-state index in [9.17, 15) is 0 Å². The minimum atomic E-state index is 0.973. The van der Waals surface area contributed by atoms with Crippen LogP contribution < -0.4 is 0 Å². The van der Waals surface area contributed by atoms with Gasteiger partial charge in [0.05, 0.1) is 11.0 Å². The first kappa shape index (κ1) is 9.16. The minimum Gasteiger partial charge on any atom is -0.304 e. The molecule has 0 N–H and O–H groups in total. The SMILES string of the molecule is C=Cn1c(C)nc2cc3ccccc3cc21. The van der Waals surface area contributed by atoms with Crippen LogP contribution in [-0.2, 0) is 0 Å². The highest BCUT2D eigenvalue weighted by Crippen LogP contribution is 2.23. The lowest BCUT2D eigenvalue weighted by atomic mass is 10.1. The maximum absolute atomic E-state index is 4.53. The van der Waals surface area contributed by atoms with Crippen LogP contribution in [0.5, 0.6) is 0 Å². The summed E-state index contributed by atoms with van der Waals surface area (Å²) in [4.78, 5) is 4.53. The van der Waals surface area contributed by atoms with Crippen molar-refractivity contribution in [1.29, 1.82) is 0 Å². The Morgan fingerprint density at radius 3 is 2.56 bits per heavy atom. The molecular formula is C14H12N2. The molecule has 0 unspecified atom stereocenters. The highest BCUT2D eigenvalue weighted by Gasteiger charge is 2.05. The number of rotatable bonds is 1. The molecule has 78 valence electrons. The molecule has 1 aromatic heterocycles. The van der Waals surface area contributed by atoms with Crippen LogP contribution in [0.4, 0.5) is 0 Å². The van der Waals surface area contributed by atoms with Crippen LogP contribution >= 0.6 is 0 Å². The standard InChI is InChI=1S/C14H12N2/c1-3-16-10(2)15-13-8-11-6-4-5-7-12(11)9-14(13)16/h3-9H,1H2,2H3. The van der Waals surface area contributed by atoms with Crippen molar-refractivity contribution in [3.8, 4) is 0 Å². The summed E-state index contributed by atoms with van der Waals surface area (Å²) in [6, 6.07) is 12.6. The molecule has 0 fully saturated rings. The van der Waals surface area contributed by atoms with Gasteiger partial charge < -0.3 is 4.57 Å². The van der Waals surface area contributed by atoms with E-state index in [-0.39, 0.29) is 0 Å². The van der Waals surface area contributed by atoms with Crippen molar-refractivity contribution in [2.45, 2.75) is 6.92 Å². The maximum atomic E-state index is 4.53. The number of nitrogens with zero attached hydrogens (tertiary/aromatic N) is 2. The Morgan fingerprint density at radius 2 is 1.88 bits per heavy atom. The van der Waals surface area contributed by atoms with Crippen molar-refractivity contribution in [2.24, 2.45) is 0 Å². The third kappa shape index (κ3) is 1.16. The molecule has 2 heteroatoms. The molecule has 2 nitrogen and oxygen atoms in total. The second-order valence-corrected chi connectivity index (χ2v) is 3.90. The molecule has 16 heavy (non-hydrogen) atoms. The van der Waals surface area contributed by atoms with E-state index in [1.54, 1.807) is 6.20 Å². The largest absolute Gasteiger partial charge is 0.304 e. The number of hydrogen-bond acceptors (Lipinski definition) is 1. The van der Waals surface area contributed by atoms with Crippen molar-refractivity contribution >= 4 is 28.0 Å². The smallest absolute Gasteiger partial charge is 0.110 e. The minimum absolute atomic E-state index is 0.973. The molecule has 0 bridgehead atoms. The zero-order chi connectivity index (χ0) is 11.1. The average Bonchev–Trinajstić information content (AvgIpc) is 2.60. The van der Waals surface area contributed by atoms with Crippen LogP contribution in [0.2, 0.25) is 0 Å². The van der Waals surface area contributed by atoms with Crippen molar-refractivity contribution in [3.63, 3.8) is 0 Å². The molecule has 0 spiro atoms. The summed E-state index contributed by atoms with van der Waals surface area (Å²) in [5, 5.41) is 2.46. The Kier molecular flexibility index (Phi) is 1.83. The van der Waals surface area contributed by atoms with Gasteiger partial charge in [-0.05, 0) is 29.8 Å². The number of aryl methyl sites for hydroxylation is 1. The van der Waals surface area contributed by atoms with Gasteiger partial charge in [-0.25, -0.2) is 4.98 Å². The highest BCUT2D eigenvalue weighted by molar-refractivity contribution is 5.96. The van der Waals surface area contributed by atoms with E-state index in [0.29, 0.717) is 0 Å². The number of aromatic nitrogens is 2. The van der Waals surface area contributed by atoms with Crippen LogP contribution in [0.15, 0.2) is 43.0 Å². The average molecular weight is 208 g/mol. The van der Waals surface area contributed by atoms with E-state index in [0.717, 1.165) is 16.9 Å². The summed E-state index contributed by atoms with van der Waals surface area (Å²) in [6.07, 6.45) is 1.80. The Labute approximate surface area is 93.8 Å². The summed E-state index contributed by atoms with van der Waals surface area (Å²) < 4.78 is 2.02. The summed E-state index contributed by atoms with van der Waals surface area (Å²) in [5.41, 5.74) is 2.14. The molecule has 0 amide bonds. The molecule has 0 aliphatic rings. The second-order valence-electron chi connectivity index (χ2n) is 3.90. The first-order valence-electron chi connectivity index (χ1n) is 5.29. The molecule has 1 heterocycles. The number of hydrogen-bond donors (Lipinski definition) is 0. The fraction of sp³-hybridized carbons (Fsp3) is 0.0714. The third-order valence-electron chi connectivity index (χ3n) is 2.92. The fourth-order valence-electron chi connectivity index (χ4n) is 2.13. The lowest BCUT2D eigenvalue weighted by Crippen LogP contribution is -1.87. The van der Waals surface area contributed by atoms with Gasteiger partial charge in [0.15, 0.2) is 0 Å². The highest BCUT2D eigenvalue weighted by atomic mass is 15.1. The molecule has 2 aromatic carbocycles. The predicted molar refractivity (Wildman–Crippen MR) is 68.4 cm³/mol. The molecule has 3 aromatic rings. The molecule has 0 atom stereocenters. The molecule has 0 saturated carbocycles. The van der Waals surface area contributed by atoms with E-state index in [4.69, 9.17) is 0 Å². The molecule has 0 aliphatic heterocycles. The quantitative estimate of drug-likeness (QED) is 0.597. The molecule has 0 radical (unpaired) electrons. The molecule has 3 rings (SSSR count). The van der Waals surface area contributed by atoms with Gasteiger partial charge in [-0.15, -0.1) is 0 Å². The van der Waals surface area contributed by atoms with E-state index in [2.05, 4.69) is 41.9 Å². The molecule has 0 saturated heterocycles. The van der Waals surface area contributed by atoms with E-state index >= 15 is 0 Å². The number of imidazole rings is 1. The predicted octanol–water partition coefficient (Wildman–Crippen LogP) is 3.60. The van der Waals surface area contributed by atoms with E-state index < -0.39 is 0 Å². The first-order valence-corrected chi connectivity index (χ1v) is 5.29. The topological polar surface area (TPSA) is 17.8 Å². The van der Waals surface area contributed by atoms with Gasteiger partial charge in [-0.1, -0.05) is 30.8 Å². The van der Waals surface area contributed by atoms with Gasteiger partial charge >= 0.3 is 0 Å².